The third-order valence-electron chi connectivity index (χ3n) is 37.1. The molecule has 12 unspecified atom stereocenters. The fourth-order valence-electron chi connectivity index (χ4n) is 28.6. The first-order chi connectivity index (χ1) is 66.0. The van der Waals surface area contributed by atoms with E-state index >= 15 is 0 Å². The second-order valence-corrected chi connectivity index (χ2v) is 50.0. The number of aryl methyl sites for hydroxylation is 1. The Kier molecular flexibility index (Phi) is 50.2. The van der Waals surface area contributed by atoms with Gasteiger partial charge in [-0.05, 0) is 417 Å². The van der Waals surface area contributed by atoms with Gasteiger partial charge in [0.25, 0.3) is 0 Å². The first kappa shape index (κ1) is 115. The molecule has 2 aromatic carbocycles. The van der Waals surface area contributed by atoms with Crippen LogP contribution in [-0.4, -0.2) is 320 Å². The van der Waals surface area contributed by atoms with Gasteiger partial charge >= 0.3 is 0 Å². The Morgan fingerprint density at radius 1 is 0.292 bits per heavy atom. The van der Waals surface area contributed by atoms with Gasteiger partial charge in [0.05, 0.1) is 24.9 Å². The van der Waals surface area contributed by atoms with Crippen LogP contribution in [0.4, 0.5) is 11.4 Å². The van der Waals surface area contributed by atoms with Crippen LogP contribution in [0.3, 0.4) is 0 Å². The molecule has 6 aliphatic carbocycles. The molecule has 13 aliphatic heterocycles. The number of anilines is 2. The molecule has 11 saturated heterocycles. The number of fused-ring (bicyclic) bond motifs is 10. The second-order valence-electron chi connectivity index (χ2n) is 50.0. The standard InChI is InChI=1S/C13H25N.C12H23N.C12H17N.C12H23N.C11H22N2.C11H21NO.C11H15NO.C11H21N.C10H20N2.C10H19N.C8H18N2/c1-12(2)14-10-6-9-13(11-14)7-4-3-5-8-13;2*1-10(2)13-9-5-7-11-6-3-4-8-12(11)13;1-10(2)13-8-7-11-5-3-4-6-12(11)9-13;1-10(2)13-8-7-12-6-4-3-5-11(12)9-13;2*1-9(2)12-7-8-13-11-6-4-3-5-10(11)12;1-9(2)12-7-10-5-3-4-6-11(10)8-12;1-9(2)12-7-6-11-5-3-4-10(11)8-12;1-8(2)11-7-9-4-3-5-10(11)6-9;1-8(2)10-6-3-4-9-5-7-10/h12H,3-11H2,1-2H3;10-12H,3-9H2,1-2H3;3-4,6,8,10H,5,7,9H2,1-2H3;10-12H,3-9H2,1-2H3;10-11H,3-9H2,1-2H3;9-11H,3-8H2,1-2H3;3-6,9H,7-8H2,1-2H3;9-11H,3-8H2,1-2H3;9-10H,3-8H2,1-2H3;8-10H,3-7H2,1-2H3;8-9H,3-7H2,1-2H3. The lowest BCUT2D eigenvalue weighted by Gasteiger charge is -2.46. The first-order valence-electron chi connectivity index (χ1n) is 59.9. The number of benzene rings is 2. The predicted molar refractivity (Wildman–Crippen MR) is 592 cm³/mol. The molecule has 1 spiro atoms. The van der Waals surface area contributed by atoms with Gasteiger partial charge in [-0.25, -0.2) is 0 Å². The Balaban J connectivity index is 0.000000145. The lowest BCUT2D eigenvalue weighted by molar-refractivity contribution is -0.0979. The Morgan fingerprint density at radius 3 is 1.41 bits per heavy atom. The fraction of sp³-hybridized carbons (Fsp3) is 0.901. The van der Waals surface area contributed by atoms with Gasteiger partial charge in [-0.2, -0.15) is 0 Å². The zero-order valence-electron chi connectivity index (χ0n) is 94.1. The summed E-state index contributed by atoms with van der Waals surface area (Å²) < 4.78 is 11.4. The number of nitrogens with zero attached hydrogens (tertiary/aromatic N) is 13. The lowest BCUT2D eigenvalue weighted by Crippen LogP contribution is -2.56. The van der Waals surface area contributed by atoms with Crippen molar-refractivity contribution < 1.29 is 9.47 Å². The molecule has 16 nitrogen and oxygen atoms in total. The number of hydrogen-bond acceptors (Lipinski definition) is 16. The molecule has 137 heavy (non-hydrogen) atoms. The molecule has 0 amide bonds. The number of hydrogen-bond donors (Lipinski definition) is 1. The number of ether oxygens (including phenoxy) is 2. The number of piperazine rings is 2. The van der Waals surface area contributed by atoms with Crippen molar-refractivity contribution in [2.24, 2.45) is 40.9 Å². The molecule has 0 aromatic heterocycles. The van der Waals surface area contributed by atoms with E-state index in [1.54, 1.807) is 0 Å². The van der Waals surface area contributed by atoms with Crippen molar-refractivity contribution in [1.29, 1.82) is 0 Å². The molecule has 0 radical (unpaired) electrons. The minimum absolute atomic E-state index is 0.546. The molecule has 21 rings (SSSR count). The molecule has 17 fully saturated rings. The van der Waals surface area contributed by atoms with E-state index in [1.165, 1.54) is 392 Å². The SMILES string of the molecule is CC(C)N1CC2CCCC1C2.CC(C)N1CC2CCCCC2C1.CC(C)N1CCC2CCCCC2C1.CC(C)N1CCCC2(CCCCC2)C1.CC(C)N1CCCC2CCCCC21.CC(C)N1CCCNCC1.CC(C)N1CCCc2ccccc21.CC(C)N1CCN2CCCC2C1.CC(C)N1CCN2CCCCC2C1.CC(C)N1CCOC2CCCCC21.CC(C)N1CCOc2ccccc21. The maximum absolute atomic E-state index is 5.82. The van der Waals surface area contributed by atoms with Crippen molar-refractivity contribution in [3.05, 3.63) is 54.1 Å². The molecule has 12 atom stereocenters. The summed E-state index contributed by atoms with van der Waals surface area (Å²) in [6, 6.07) is 29.3. The summed E-state index contributed by atoms with van der Waals surface area (Å²) in [5, 5.41) is 3.39. The van der Waals surface area contributed by atoms with Crippen LogP contribution in [0.5, 0.6) is 5.75 Å². The molecule has 13 heterocycles. The van der Waals surface area contributed by atoms with E-state index in [0.29, 0.717) is 24.2 Å². The van der Waals surface area contributed by atoms with Gasteiger partial charge in [0.15, 0.2) is 0 Å². The van der Waals surface area contributed by atoms with E-state index in [9.17, 15) is 0 Å². The maximum atomic E-state index is 5.82. The average Bonchev–Trinajstić information content (AvgIpc) is 1.68. The average molecular weight is 1910 g/mol. The van der Waals surface area contributed by atoms with Crippen LogP contribution in [0, 0.1) is 40.9 Å². The van der Waals surface area contributed by atoms with Crippen molar-refractivity contribution in [1.82, 2.24) is 59.2 Å². The summed E-state index contributed by atoms with van der Waals surface area (Å²) in [6.07, 6.45) is 55.8. The summed E-state index contributed by atoms with van der Waals surface area (Å²) in [6.45, 7) is 82.3. The Bertz CT molecular complexity index is 3330. The zero-order valence-corrected chi connectivity index (χ0v) is 94.1. The van der Waals surface area contributed by atoms with Crippen molar-refractivity contribution in [2.75, 3.05) is 174 Å². The summed E-state index contributed by atoms with van der Waals surface area (Å²) in [7, 11) is 0. The first-order valence-corrected chi connectivity index (χ1v) is 59.9. The Hall–Kier alpha value is -2.68. The normalized spacial score (nSPS) is 30.2. The maximum Gasteiger partial charge on any atom is 0.142 e. The molecule has 2 bridgehead atoms. The van der Waals surface area contributed by atoms with E-state index in [-0.39, 0.29) is 0 Å². The number of piperidine rings is 4. The summed E-state index contributed by atoms with van der Waals surface area (Å²) in [4.78, 5) is 34.2. The molecule has 790 valence electrons. The van der Waals surface area contributed by atoms with E-state index in [4.69, 9.17) is 9.47 Å². The number of morpholine rings is 1. The molecule has 2 aromatic rings. The van der Waals surface area contributed by atoms with Gasteiger partial charge in [-0.15, -0.1) is 0 Å². The fourth-order valence-corrected chi connectivity index (χ4v) is 28.6. The number of rotatable bonds is 11. The molecular formula is C121H224N14O2. The van der Waals surface area contributed by atoms with E-state index < -0.39 is 0 Å². The Morgan fingerprint density at radius 2 is 0.788 bits per heavy atom. The predicted octanol–water partition coefficient (Wildman–Crippen LogP) is 24.8. The van der Waals surface area contributed by atoms with Gasteiger partial charge in [-0.3, -0.25) is 39.2 Å². The van der Waals surface area contributed by atoms with Crippen molar-refractivity contribution >= 4 is 11.4 Å². The van der Waals surface area contributed by atoms with Crippen LogP contribution in [-0.2, 0) is 11.2 Å². The minimum Gasteiger partial charge on any atom is -0.490 e. The van der Waals surface area contributed by atoms with Crippen LogP contribution >= 0.6 is 0 Å². The monoisotopic (exact) mass is 1910 g/mol. The second kappa shape index (κ2) is 60.0. The van der Waals surface area contributed by atoms with E-state index in [2.05, 4.69) is 258 Å². The molecule has 1 N–H and O–H groups in total. The summed E-state index contributed by atoms with van der Waals surface area (Å²) in [5.41, 5.74) is 4.93. The van der Waals surface area contributed by atoms with E-state index in [1.807, 2.05) is 12.1 Å². The van der Waals surface area contributed by atoms with Gasteiger partial charge in [0.2, 0.25) is 0 Å². The summed E-state index contributed by atoms with van der Waals surface area (Å²) in [5.74, 6) is 7.36. The van der Waals surface area contributed by atoms with Crippen LogP contribution in [0.1, 0.15) is 395 Å². The van der Waals surface area contributed by atoms with Crippen LogP contribution in [0.2, 0.25) is 0 Å². The van der Waals surface area contributed by atoms with Crippen molar-refractivity contribution in [3.8, 4) is 5.75 Å². The van der Waals surface area contributed by atoms with E-state index in [0.717, 1.165) is 158 Å². The lowest BCUT2D eigenvalue weighted by atomic mass is 9.69. The number of likely N-dealkylation sites (tertiary alicyclic amines) is 5. The third kappa shape index (κ3) is 36.1. The molecule has 6 saturated carbocycles. The minimum atomic E-state index is 0.546. The number of para-hydroxylation sites is 3. The Labute approximate surface area is 848 Å². The highest BCUT2D eigenvalue weighted by molar-refractivity contribution is 5.60. The number of nitrogens with one attached hydrogen (secondary N) is 1. The molecular weight excluding hydrogens is 1680 g/mol. The van der Waals surface area contributed by atoms with Gasteiger partial charge < -0.3 is 39.3 Å². The van der Waals surface area contributed by atoms with Crippen LogP contribution in [0.25, 0.3) is 0 Å². The molecule has 16 heteroatoms. The highest BCUT2D eigenvalue weighted by atomic mass is 16.5. The highest BCUT2D eigenvalue weighted by Gasteiger charge is 2.42. The van der Waals surface area contributed by atoms with Crippen LogP contribution in [0.15, 0.2) is 48.5 Å². The highest BCUT2D eigenvalue weighted by Crippen LogP contribution is 2.45. The van der Waals surface area contributed by atoms with Gasteiger partial charge in [0.1, 0.15) is 12.4 Å². The topological polar surface area (TPSA) is 72.6 Å². The van der Waals surface area contributed by atoms with Crippen LogP contribution < -0.4 is 19.9 Å². The van der Waals surface area contributed by atoms with Crippen molar-refractivity contribution in [3.63, 3.8) is 0 Å². The summed E-state index contributed by atoms with van der Waals surface area (Å²) >= 11 is 0. The quantitative estimate of drug-likeness (QED) is 0.232. The van der Waals surface area contributed by atoms with Gasteiger partial charge in [0, 0.05) is 201 Å². The largest absolute Gasteiger partial charge is 0.490 e. The van der Waals surface area contributed by atoms with Crippen molar-refractivity contribution in [2.45, 2.75) is 499 Å². The van der Waals surface area contributed by atoms with Gasteiger partial charge in [-0.1, -0.05) is 120 Å². The smallest absolute Gasteiger partial charge is 0.142 e. The molecule has 19 aliphatic rings. The zero-order chi connectivity index (χ0) is 97.9. The third-order valence-corrected chi connectivity index (χ3v) is 37.1.